The second-order valence-electron chi connectivity index (χ2n) is 17.0. The third-order valence-electron chi connectivity index (χ3n) is 12.4. The van der Waals surface area contributed by atoms with Crippen molar-refractivity contribution < 1.29 is 12.3 Å². The second kappa shape index (κ2) is 19.6. The number of benzene rings is 7. The van der Waals surface area contributed by atoms with Gasteiger partial charge in [-0.05, 0) is 166 Å². The smallest absolute Gasteiger partial charge is 0.0704 e. The summed E-state index contributed by atoms with van der Waals surface area (Å²) in [7, 11) is 0. The lowest BCUT2D eigenvalue weighted by Gasteiger charge is -2.18. The van der Waals surface area contributed by atoms with Crippen molar-refractivity contribution in [1.82, 2.24) is 15.0 Å². The molecule has 3 heteroatoms. The van der Waals surface area contributed by atoms with E-state index in [1.54, 1.807) is 36.7 Å². The summed E-state index contributed by atoms with van der Waals surface area (Å²) in [6.07, 6.45) is 7.63. The van der Waals surface area contributed by atoms with E-state index in [0.717, 1.165) is 98.0 Å². The van der Waals surface area contributed by atoms with Crippen LogP contribution in [0.2, 0.25) is 0 Å². The van der Waals surface area contributed by atoms with Gasteiger partial charge in [0.1, 0.15) is 0 Å². The minimum atomic E-state index is -2.26. The maximum absolute atomic E-state index is 7.91. The van der Waals surface area contributed by atoms with Gasteiger partial charge in [-0.3, -0.25) is 15.0 Å². The fourth-order valence-corrected chi connectivity index (χ4v) is 8.83. The lowest BCUT2D eigenvalue weighted by molar-refractivity contribution is 0.931. The monoisotopic (exact) mass is 872 g/mol. The van der Waals surface area contributed by atoms with Crippen molar-refractivity contribution in [1.29, 1.82) is 0 Å². The van der Waals surface area contributed by atoms with E-state index in [2.05, 4.69) is 136 Å². The summed E-state index contributed by atoms with van der Waals surface area (Å²) in [6.45, 7) is -6.69. The predicted molar refractivity (Wildman–Crippen MR) is 280 cm³/mol. The zero-order valence-corrected chi connectivity index (χ0v) is 37.0. The number of rotatable bonds is 13. The summed E-state index contributed by atoms with van der Waals surface area (Å²) in [5.41, 5.74) is 18.4. The third kappa shape index (κ3) is 10.1. The van der Waals surface area contributed by atoms with Crippen LogP contribution in [0.3, 0.4) is 0 Å². The molecule has 10 rings (SSSR count). The van der Waals surface area contributed by atoms with E-state index in [0.29, 0.717) is 17.1 Å². The molecule has 3 heterocycles. The molecule has 3 aromatic heterocycles. The fraction of sp³-hybridized carbons (Fsp3) is 0.109. The van der Waals surface area contributed by atoms with Gasteiger partial charge in [0.25, 0.3) is 0 Å². The molecule has 7 aromatic carbocycles. The van der Waals surface area contributed by atoms with Crippen LogP contribution in [0.25, 0.3) is 78.3 Å². The molecule has 324 valence electrons. The van der Waals surface area contributed by atoms with Gasteiger partial charge in [0.05, 0.1) is 17.1 Å². The standard InChI is InChI=1S/C64H53N3/c1-44-33-35-65-63(37-44)54-22-18-47(19-23-54)14-16-49-39-50(17-15-48-20-24-55(25-21-48)64-38-45(2)34-36-66-64)41-57(40-49)58-11-7-8-12-59(58)60-31-30-56(62-32-13-46(3)43-67-62)42-61(60)53-28-26-52(27-29-53)51-9-5-4-6-10-51/h4-13,18-43H,14-17H2,1-3H3/i1D3,2D3,3D3. The first kappa shape index (κ1) is 33.5. The van der Waals surface area contributed by atoms with Crippen LogP contribution in [0.5, 0.6) is 0 Å². The fourth-order valence-electron chi connectivity index (χ4n) is 8.83. The molecule has 0 bridgehead atoms. The zero-order valence-electron chi connectivity index (χ0n) is 46.0. The van der Waals surface area contributed by atoms with E-state index < -0.39 is 20.6 Å². The maximum atomic E-state index is 7.91. The first-order chi connectivity index (χ1) is 36.5. The summed E-state index contributed by atoms with van der Waals surface area (Å²) in [4.78, 5) is 13.6. The first-order valence-electron chi connectivity index (χ1n) is 27.1. The maximum Gasteiger partial charge on any atom is 0.0704 e. The highest BCUT2D eigenvalue weighted by atomic mass is 14.7. The van der Waals surface area contributed by atoms with E-state index in [-0.39, 0.29) is 16.7 Å². The summed E-state index contributed by atoms with van der Waals surface area (Å²) in [5.74, 6) is 0. The van der Waals surface area contributed by atoms with Crippen molar-refractivity contribution in [3.8, 4) is 78.3 Å². The molecule has 0 radical (unpaired) electrons. The van der Waals surface area contributed by atoms with Gasteiger partial charge >= 0.3 is 0 Å². The first-order valence-corrected chi connectivity index (χ1v) is 22.6. The average Bonchev–Trinajstić information content (AvgIpc) is 3.44. The molecule has 3 nitrogen and oxygen atoms in total. The van der Waals surface area contributed by atoms with Gasteiger partial charge in [-0.25, -0.2) is 0 Å². The molecule has 0 amide bonds. The summed E-state index contributed by atoms with van der Waals surface area (Å²) >= 11 is 0. The topological polar surface area (TPSA) is 38.7 Å². The van der Waals surface area contributed by atoms with Gasteiger partial charge in [-0.2, -0.15) is 0 Å². The van der Waals surface area contributed by atoms with Gasteiger partial charge in [-0.15, -0.1) is 0 Å². The number of hydrogen-bond donors (Lipinski definition) is 0. The highest BCUT2D eigenvalue weighted by Gasteiger charge is 2.16. The number of pyridine rings is 3. The summed E-state index contributed by atoms with van der Waals surface area (Å²) in [6, 6.07) is 66.8. The van der Waals surface area contributed by atoms with Gasteiger partial charge in [0.15, 0.2) is 0 Å². The molecule has 0 atom stereocenters. The molecule has 0 aliphatic carbocycles. The minimum Gasteiger partial charge on any atom is -0.256 e. The Bertz CT molecular complexity index is 3500. The summed E-state index contributed by atoms with van der Waals surface area (Å²) in [5, 5.41) is 0. The van der Waals surface area contributed by atoms with E-state index in [1.165, 1.54) is 29.5 Å². The molecule has 0 fully saturated rings. The van der Waals surface area contributed by atoms with Crippen LogP contribution >= 0.6 is 0 Å². The molecule has 0 spiro atoms. The van der Waals surface area contributed by atoms with Crippen molar-refractivity contribution in [2.45, 2.75) is 46.2 Å². The Morgan fingerprint density at radius 2 is 0.806 bits per heavy atom. The average molecular weight is 873 g/mol. The molecule has 0 aliphatic heterocycles. The van der Waals surface area contributed by atoms with Crippen LogP contribution < -0.4 is 0 Å². The third-order valence-corrected chi connectivity index (χ3v) is 12.4. The van der Waals surface area contributed by atoms with Gasteiger partial charge < -0.3 is 0 Å². The van der Waals surface area contributed by atoms with Crippen molar-refractivity contribution in [3.05, 3.63) is 258 Å². The molecule has 0 aliphatic rings. The number of aryl methyl sites for hydroxylation is 7. The number of aromatic nitrogens is 3. The Hall–Kier alpha value is -8.01. The van der Waals surface area contributed by atoms with Crippen LogP contribution in [-0.4, -0.2) is 15.0 Å². The van der Waals surface area contributed by atoms with E-state index >= 15 is 0 Å². The van der Waals surface area contributed by atoms with Crippen molar-refractivity contribution in [3.63, 3.8) is 0 Å². The molecule has 0 unspecified atom stereocenters. The van der Waals surface area contributed by atoms with Crippen LogP contribution in [0.4, 0.5) is 0 Å². The predicted octanol–water partition coefficient (Wildman–Crippen LogP) is 16.0. The molecule has 0 saturated heterocycles. The molecule has 67 heavy (non-hydrogen) atoms. The normalized spacial score (nSPS) is 13.7. The Kier molecular flexibility index (Phi) is 9.80. The number of hydrogen-bond acceptors (Lipinski definition) is 3. The number of nitrogens with zero attached hydrogens (tertiary/aromatic N) is 3. The molecule has 10 aromatic rings. The van der Waals surface area contributed by atoms with E-state index in [1.807, 2.05) is 42.5 Å². The lowest BCUT2D eigenvalue weighted by Crippen LogP contribution is -1.98. The molecule has 0 N–H and O–H groups in total. The molecule has 0 saturated carbocycles. The zero-order chi connectivity index (χ0) is 53.0. The Morgan fingerprint density at radius 3 is 1.39 bits per heavy atom. The Morgan fingerprint density at radius 1 is 0.299 bits per heavy atom. The van der Waals surface area contributed by atoms with Crippen LogP contribution in [-0.2, 0) is 25.7 Å². The Labute approximate surface area is 408 Å². The van der Waals surface area contributed by atoms with E-state index in [9.17, 15) is 0 Å². The van der Waals surface area contributed by atoms with Crippen LogP contribution in [0.15, 0.2) is 219 Å². The van der Waals surface area contributed by atoms with Gasteiger partial charge in [0.2, 0.25) is 0 Å². The molecular weight excluding hydrogens is 811 g/mol. The summed E-state index contributed by atoms with van der Waals surface area (Å²) < 4.78 is 71.0. The van der Waals surface area contributed by atoms with Gasteiger partial charge in [0, 0.05) is 47.6 Å². The van der Waals surface area contributed by atoms with Crippen molar-refractivity contribution >= 4 is 0 Å². The molecular formula is C64H53N3. The second-order valence-corrected chi connectivity index (χ2v) is 17.0. The van der Waals surface area contributed by atoms with Crippen molar-refractivity contribution in [2.24, 2.45) is 0 Å². The quantitative estimate of drug-likeness (QED) is 0.116. The van der Waals surface area contributed by atoms with Gasteiger partial charge in [-0.1, -0.05) is 164 Å². The van der Waals surface area contributed by atoms with Crippen LogP contribution in [0.1, 0.15) is 51.3 Å². The van der Waals surface area contributed by atoms with E-state index in [4.69, 9.17) is 12.3 Å². The minimum absolute atomic E-state index is 0.192. The highest BCUT2D eigenvalue weighted by molar-refractivity contribution is 5.94. The highest BCUT2D eigenvalue weighted by Crippen LogP contribution is 2.41. The lowest BCUT2D eigenvalue weighted by atomic mass is 9.86. The Balaban J connectivity index is 1.01. The van der Waals surface area contributed by atoms with Crippen LogP contribution in [0, 0.1) is 20.6 Å². The largest absolute Gasteiger partial charge is 0.256 e. The SMILES string of the molecule is [2H]C([2H])([2H])c1ccc(-c2ccc(-c3ccccc3-c3cc(CCc4ccc(-c5cc(C([2H])([2H])[2H])ccn5)cc4)cc(CCc4ccc(-c5cc(C([2H])([2H])[2H])ccn5)cc4)c3)c(-c3ccc(-c4ccccc4)cc3)c2)nc1. The van der Waals surface area contributed by atoms with Crippen molar-refractivity contribution in [2.75, 3.05) is 0 Å².